The van der Waals surface area contributed by atoms with Gasteiger partial charge in [0.05, 0.1) is 12.4 Å². The van der Waals surface area contributed by atoms with Crippen LogP contribution in [0.1, 0.15) is 24.4 Å². The second kappa shape index (κ2) is 8.00. The molecular formula is C18H21ClIN5O4. The van der Waals surface area contributed by atoms with Crippen LogP contribution in [-0.2, 0) is 11.3 Å². The third-order valence-electron chi connectivity index (χ3n) is 5.10. The monoisotopic (exact) mass is 533 g/mol. The minimum Gasteiger partial charge on any atom is -0.391 e. The van der Waals surface area contributed by atoms with E-state index in [-0.39, 0.29) is 5.84 Å². The number of aliphatic hydroxyl groups is 3. The minimum atomic E-state index is -1.26. The number of hydrogen-bond donors (Lipinski definition) is 5. The molecule has 3 heterocycles. The van der Waals surface area contributed by atoms with E-state index in [9.17, 15) is 15.3 Å². The zero-order valence-corrected chi connectivity index (χ0v) is 18.3. The molecule has 0 amide bonds. The molecule has 0 spiro atoms. The molecule has 6 atom stereocenters. The molecule has 4 rings (SSSR count). The van der Waals surface area contributed by atoms with Crippen LogP contribution in [0.25, 0.3) is 0 Å². The molecule has 11 heteroatoms. The molecule has 2 aromatic rings. The molecule has 2 unspecified atom stereocenters. The number of fused-ring (bicyclic) bond motifs is 1. The van der Waals surface area contributed by atoms with Gasteiger partial charge in [-0.3, -0.25) is 9.98 Å². The number of rotatable bonds is 4. The van der Waals surface area contributed by atoms with Crippen molar-refractivity contribution in [3.8, 4) is 0 Å². The van der Waals surface area contributed by atoms with Crippen molar-refractivity contribution in [2.45, 2.75) is 49.7 Å². The van der Waals surface area contributed by atoms with Crippen LogP contribution < -0.4 is 5.32 Å². The summed E-state index contributed by atoms with van der Waals surface area (Å²) in [7, 11) is 0. The van der Waals surface area contributed by atoms with Crippen molar-refractivity contribution in [1.29, 1.82) is 5.41 Å². The summed E-state index contributed by atoms with van der Waals surface area (Å²) < 4.78 is 8.26. The van der Waals surface area contributed by atoms with Gasteiger partial charge in [-0.25, -0.2) is 4.98 Å². The standard InChI is InChI=1S/C18H21ClIN5O4/c1-8(26)14-12(27)13(28)17(29-14)25-7-22-11-15(21)24(18(19)23-16(11)25)6-9-3-2-4-10(20)5-9/h2-5,7-8,12-14,17-18,21,23,26-28H,6H2,1H3/t8?,12-,13+,14+,17+,18?/m0/s1. The Morgan fingerprint density at radius 2 is 2.14 bits per heavy atom. The number of anilines is 1. The summed E-state index contributed by atoms with van der Waals surface area (Å²) >= 11 is 8.75. The number of aromatic nitrogens is 2. The number of alkyl halides is 1. The Morgan fingerprint density at radius 3 is 2.79 bits per heavy atom. The maximum Gasteiger partial charge on any atom is 0.180 e. The predicted octanol–water partition coefficient (Wildman–Crippen LogP) is 1.26. The van der Waals surface area contributed by atoms with Crippen molar-refractivity contribution in [3.63, 3.8) is 0 Å². The number of halogens is 2. The van der Waals surface area contributed by atoms with E-state index in [2.05, 4.69) is 32.9 Å². The topological polar surface area (TPSA) is 127 Å². The van der Waals surface area contributed by atoms with Gasteiger partial charge in [0, 0.05) is 10.1 Å². The highest BCUT2D eigenvalue weighted by atomic mass is 127. The molecule has 9 nitrogen and oxygen atoms in total. The molecule has 1 aromatic heterocycles. The molecule has 0 aliphatic carbocycles. The Bertz CT molecular complexity index is 925. The molecule has 0 bridgehead atoms. The second-order valence-electron chi connectivity index (χ2n) is 7.15. The van der Waals surface area contributed by atoms with E-state index in [4.69, 9.17) is 21.7 Å². The lowest BCUT2D eigenvalue weighted by Crippen LogP contribution is -2.46. The van der Waals surface area contributed by atoms with Gasteiger partial charge in [0.15, 0.2) is 17.7 Å². The summed E-state index contributed by atoms with van der Waals surface area (Å²) in [5.41, 5.74) is 0.645. The highest BCUT2D eigenvalue weighted by Gasteiger charge is 2.47. The minimum absolute atomic E-state index is 0.136. The lowest BCUT2D eigenvalue weighted by Gasteiger charge is -2.35. The van der Waals surface area contributed by atoms with Crippen LogP contribution in [0, 0.1) is 8.98 Å². The van der Waals surface area contributed by atoms with Crippen LogP contribution in [0.4, 0.5) is 5.82 Å². The molecule has 0 radical (unpaired) electrons. The van der Waals surface area contributed by atoms with E-state index >= 15 is 0 Å². The molecule has 5 N–H and O–H groups in total. The Kier molecular flexibility index (Phi) is 5.75. The first-order valence-electron chi connectivity index (χ1n) is 9.05. The van der Waals surface area contributed by atoms with Gasteiger partial charge in [-0.1, -0.05) is 23.7 Å². The number of amidine groups is 1. The first-order valence-corrected chi connectivity index (χ1v) is 10.6. The van der Waals surface area contributed by atoms with Gasteiger partial charge in [-0.15, -0.1) is 0 Å². The third kappa shape index (κ3) is 3.73. The van der Waals surface area contributed by atoms with E-state index in [1.807, 2.05) is 24.3 Å². The zero-order valence-electron chi connectivity index (χ0n) is 15.4. The fourth-order valence-corrected chi connectivity index (χ4v) is 4.49. The quantitative estimate of drug-likeness (QED) is 0.228. The van der Waals surface area contributed by atoms with E-state index in [0.717, 1.165) is 9.13 Å². The summed E-state index contributed by atoms with van der Waals surface area (Å²) in [6, 6.07) is 7.92. The van der Waals surface area contributed by atoms with Crippen molar-refractivity contribution < 1.29 is 20.1 Å². The molecule has 1 saturated heterocycles. The van der Waals surface area contributed by atoms with Crippen LogP contribution >= 0.6 is 34.2 Å². The molecule has 29 heavy (non-hydrogen) atoms. The van der Waals surface area contributed by atoms with Crippen LogP contribution in [0.3, 0.4) is 0 Å². The molecule has 1 aromatic carbocycles. The summed E-state index contributed by atoms with van der Waals surface area (Å²) in [5.74, 6) is 0.549. The van der Waals surface area contributed by atoms with Gasteiger partial charge in [-0.2, -0.15) is 0 Å². The third-order valence-corrected chi connectivity index (χ3v) is 6.12. The van der Waals surface area contributed by atoms with E-state index in [1.54, 1.807) is 4.90 Å². The smallest absolute Gasteiger partial charge is 0.180 e. The Morgan fingerprint density at radius 1 is 1.38 bits per heavy atom. The highest BCUT2D eigenvalue weighted by Crippen LogP contribution is 2.36. The van der Waals surface area contributed by atoms with E-state index in [1.165, 1.54) is 17.8 Å². The van der Waals surface area contributed by atoms with Crippen molar-refractivity contribution in [3.05, 3.63) is 45.4 Å². The van der Waals surface area contributed by atoms with E-state index in [0.29, 0.717) is 18.1 Å². The normalized spacial score (nSPS) is 30.2. The molecule has 1 fully saturated rings. The molecular weight excluding hydrogens is 513 g/mol. The summed E-state index contributed by atoms with van der Waals surface area (Å²) in [6.45, 7) is 1.91. The van der Waals surface area contributed by atoms with Crippen LogP contribution in [0.5, 0.6) is 0 Å². The van der Waals surface area contributed by atoms with Crippen molar-refractivity contribution >= 4 is 45.8 Å². The maximum absolute atomic E-state index is 10.4. The Labute approximate surface area is 185 Å². The number of hydrogen-bond acceptors (Lipinski definition) is 7. The number of benzene rings is 1. The Balaban J connectivity index is 1.60. The average molecular weight is 534 g/mol. The van der Waals surface area contributed by atoms with Crippen LogP contribution in [-0.4, -0.2) is 65.6 Å². The van der Waals surface area contributed by atoms with Gasteiger partial charge >= 0.3 is 0 Å². The van der Waals surface area contributed by atoms with Gasteiger partial charge in [-0.05, 0) is 47.2 Å². The number of nitrogens with one attached hydrogen (secondary N) is 2. The van der Waals surface area contributed by atoms with Crippen molar-refractivity contribution in [2.24, 2.45) is 0 Å². The largest absolute Gasteiger partial charge is 0.391 e. The number of imidazole rings is 1. The molecule has 2 aliphatic heterocycles. The first kappa shape index (κ1) is 20.8. The first-order chi connectivity index (χ1) is 13.8. The number of nitrogens with zero attached hydrogens (tertiary/aromatic N) is 3. The summed E-state index contributed by atoms with van der Waals surface area (Å²) in [6.07, 6.45) is -3.94. The van der Waals surface area contributed by atoms with Gasteiger partial charge in [0.25, 0.3) is 0 Å². The molecule has 0 saturated carbocycles. The average Bonchev–Trinajstić information content (AvgIpc) is 3.20. The van der Waals surface area contributed by atoms with Crippen molar-refractivity contribution in [1.82, 2.24) is 14.5 Å². The highest BCUT2D eigenvalue weighted by molar-refractivity contribution is 14.1. The molecule has 156 valence electrons. The van der Waals surface area contributed by atoms with Gasteiger partial charge in [0.2, 0.25) is 0 Å². The fourth-order valence-electron chi connectivity index (χ4n) is 3.62. The van der Waals surface area contributed by atoms with E-state index < -0.39 is 36.3 Å². The lowest BCUT2D eigenvalue weighted by molar-refractivity contribution is -0.0783. The lowest BCUT2D eigenvalue weighted by atomic mass is 10.1. The zero-order chi connectivity index (χ0) is 20.9. The SMILES string of the molecule is CC(O)[C@H]1O[C@@H](n2cnc3c2NC(Cl)N(Cc2cccc(I)c2)C3=N)[C@H](O)[C@@H]1O. The van der Waals surface area contributed by atoms with Crippen LogP contribution in [0.15, 0.2) is 30.6 Å². The van der Waals surface area contributed by atoms with Crippen molar-refractivity contribution in [2.75, 3.05) is 5.32 Å². The van der Waals surface area contributed by atoms with Gasteiger partial charge in [0.1, 0.15) is 29.8 Å². The fraction of sp³-hybridized carbons (Fsp3) is 0.444. The van der Waals surface area contributed by atoms with Crippen LogP contribution in [0.2, 0.25) is 0 Å². The predicted molar refractivity (Wildman–Crippen MR) is 115 cm³/mol. The Hall–Kier alpha value is -1.44. The van der Waals surface area contributed by atoms with Gasteiger partial charge < -0.3 is 30.3 Å². The molecule has 2 aliphatic rings. The summed E-state index contributed by atoms with van der Waals surface area (Å²) in [4.78, 5) is 5.97. The maximum atomic E-state index is 10.4. The number of ether oxygens (including phenoxy) is 1. The second-order valence-corrected chi connectivity index (χ2v) is 8.81. The summed E-state index contributed by atoms with van der Waals surface area (Å²) in [5, 5.41) is 42.0. The number of aliphatic hydroxyl groups excluding tert-OH is 3.